The summed E-state index contributed by atoms with van der Waals surface area (Å²) in [6.45, 7) is 0.270. The van der Waals surface area contributed by atoms with Crippen molar-refractivity contribution >= 4 is 34.8 Å². The van der Waals surface area contributed by atoms with Gasteiger partial charge in [-0.05, 0) is 0 Å². The minimum absolute atomic E-state index is 0.0366. The van der Waals surface area contributed by atoms with Gasteiger partial charge in [0.2, 0.25) is 5.91 Å². The topological polar surface area (TPSA) is 138 Å². The Morgan fingerprint density at radius 2 is 2.25 bits per heavy atom. The summed E-state index contributed by atoms with van der Waals surface area (Å²) < 4.78 is 0. The average molecular weight is 244 g/mol. The normalized spacial score (nSPS) is 14.9. The lowest BCUT2D eigenvalue weighted by atomic mass is 10.5. The van der Waals surface area contributed by atoms with Crippen molar-refractivity contribution in [2.45, 2.75) is 0 Å². The summed E-state index contributed by atoms with van der Waals surface area (Å²) in [6.07, 6.45) is 0. The molecular weight excluding hydrogens is 232 g/mol. The molecule has 3 amide bonds. The number of urea groups is 1. The molecule has 0 aliphatic carbocycles. The highest BCUT2D eigenvalue weighted by Crippen LogP contribution is 2.06. The maximum Gasteiger partial charge on any atom is 0.324 e. The van der Waals surface area contributed by atoms with Gasteiger partial charge in [0.05, 0.1) is 6.54 Å². The first-order valence-electron chi connectivity index (χ1n) is 4.40. The third kappa shape index (κ3) is 3.42. The Labute approximate surface area is 95.9 Å². The number of carbonyl (C=O) groups excluding carboxylic acids is 2. The molecule has 0 bridgehead atoms. The zero-order valence-corrected chi connectivity index (χ0v) is 9.21. The highest BCUT2D eigenvalue weighted by atomic mass is 32.2. The largest absolute Gasteiger partial charge is 0.370 e. The van der Waals surface area contributed by atoms with Crippen molar-refractivity contribution in [1.29, 1.82) is 5.41 Å². The van der Waals surface area contributed by atoms with Gasteiger partial charge in [-0.25, -0.2) is 4.79 Å². The number of rotatable bonds is 3. The summed E-state index contributed by atoms with van der Waals surface area (Å²) in [5.74, 6) is -0.0686. The van der Waals surface area contributed by atoms with Crippen molar-refractivity contribution in [2.75, 3.05) is 18.8 Å². The van der Waals surface area contributed by atoms with Crippen LogP contribution in [0.1, 0.15) is 0 Å². The van der Waals surface area contributed by atoms with Gasteiger partial charge in [0.1, 0.15) is 0 Å². The number of nitrogens with zero attached hydrogens (tertiary/aromatic N) is 2. The molecule has 0 atom stereocenters. The fourth-order valence-electron chi connectivity index (χ4n) is 1.06. The van der Waals surface area contributed by atoms with E-state index in [0.717, 1.165) is 16.7 Å². The fraction of sp³-hybridized carbons (Fsp3) is 0.429. The standard InChI is InChI=1S/C7H12N6O2S/c8-5(9)12-6(10)16-2-1-13-4(14)3-11-7(13)15/h1-3H2,(H,11,15)(H5,8,9,10,12). The Hall–Kier alpha value is -1.77. The number of carbonyl (C=O) groups is 2. The first kappa shape index (κ1) is 12.3. The second-order valence-electron chi connectivity index (χ2n) is 2.89. The van der Waals surface area contributed by atoms with Crippen LogP contribution in [0.4, 0.5) is 4.79 Å². The summed E-state index contributed by atoms with van der Waals surface area (Å²) in [7, 11) is 0. The van der Waals surface area contributed by atoms with Gasteiger partial charge in [-0.2, -0.15) is 4.99 Å². The van der Waals surface area contributed by atoms with Crippen molar-refractivity contribution in [2.24, 2.45) is 16.5 Å². The van der Waals surface area contributed by atoms with E-state index >= 15 is 0 Å². The number of imide groups is 1. The summed E-state index contributed by atoms with van der Waals surface area (Å²) in [5.41, 5.74) is 10.2. The van der Waals surface area contributed by atoms with Crippen LogP contribution < -0.4 is 16.8 Å². The molecule has 0 aromatic rings. The fourth-order valence-corrected chi connectivity index (χ4v) is 1.70. The number of aliphatic imine (C=N–C) groups is 1. The second-order valence-corrected chi connectivity index (χ2v) is 3.98. The molecule has 88 valence electrons. The van der Waals surface area contributed by atoms with Crippen molar-refractivity contribution in [3.05, 3.63) is 0 Å². The lowest BCUT2D eigenvalue weighted by Crippen LogP contribution is -2.33. The maximum absolute atomic E-state index is 11.2. The van der Waals surface area contributed by atoms with Crippen LogP contribution in [0.5, 0.6) is 0 Å². The molecule has 1 aliphatic rings. The minimum Gasteiger partial charge on any atom is -0.370 e. The lowest BCUT2D eigenvalue weighted by Gasteiger charge is -2.10. The number of hydrogen-bond donors (Lipinski definition) is 4. The molecule has 1 saturated heterocycles. The van der Waals surface area contributed by atoms with Gasteiger partial charge in [-0.1, -0.05) is 11.8 Å². The molecule has 1 fully saturated rings. The molecule has 9 heteroatoms. The highest BCUT2D eigenvalue weighted by Gasteiger charge is 2.27. The SMILES string of the molecule is N=C(N=C(N)N)SCCN1C(=O)CNC1=O. The Balaban J connectivity index is 2.30. The smallest absolute Gasteiger partial charge is 0.324 e. The molecular formula is C7H12N6O2S. The maximum atomic E-state index is 11.2. The van der Waals surface area contributed by atoms with E-state index in [4.69, 9.17) is 16.9 Å². The van der Waals surface area contributed by atoms with Crippen LogP contribution in [0.25, 0.3) is 0 Å². The van der Waals surface area contributed by atoms with Crippen LogP contribution in [0.15, 0.2) is 4.99 Å². The Morgan fingerprint density at radius 1 is 1.56 bits per heavy atom. The van der Waals surface area contributed by atoms with Crippen LogP contribution in [0.2, 0.25) is 0 Å². The average Bonchev–Trinajstić information content (AvgIpc) is 2.47. The number of amides is 3. The predicted octanol–water partition coefficient (Wildman–Crippen LogP) is -1.52. The molecule has 16 heavy (non-hydrogen) atoms. The Kier molecular flexibility index (Phi) is 4.11. The number of nitrogens with one attached hydrogen (secondary N) is 2. The van der Waals surface area contributed by atoms with Crippen molar-refractivity contribution in [3.63, 3.8) is 0 Å². The quantitative estimate of drug-likeness (QED) is 0.271. The third-order valence-corrected chi connectivity index (χ3v) is 2.47. The van der Waals surface area contributed by atoms with Gasteiger partial charge in [-0.15, -0.1) is 0 Å². The summed E-state index contributed by atoms with van der Waals surface area (Å²) in [4.78, 5) is 26.8. The van der Waals surface area contributed by atoms with Gasteiger partial charge >= 0.3 is 6.03 Å². The molecule has 0 saturated carbocycles. The van der Waals surface area contributed by atoms with Crippen molar-refractivity contribution < 1.29 is 9.59 Å². The third-order valence-electron chi connectivity index (χ3n) is 1.72. The molecule has 1 aliphatic heterocycles. The van der Waals surface area contributed by atoms with E-state index in [9.17, 15) is 9.59 Å². The number of nitrogens with two attached hydrogens (primary N) is 2. The van der Waals surface area contributed by atoms with Crippen LogP contribution >= 0.6 is 11.8 Å². The molecule has 0 unspecified atom stereocenters. The summed E-state index contributed by atoms with van der Waals surface area (Å²) in [6, 6.07) is -0.404. The summed E-state index contributed by atoms with van der Waals surface area (Å²) in [5, 5.41) is 9.65. The number of guanidine groups is 1. The number of hydrogen-bond acceptors (Lipinski definition) is 4. The molecule has 1 rings (SSSR count). The van der Waals surface area contributed by atoms with Gasteiger partial charge in [0.25, 0.3) is 0 Å². The molecule has 0 aromatic carbocycles. The van der Waals surface area contributed by atoms with E-state index in [0.29, 0.717) is 5.75 Å². The molecule has 0 aromatic heterocycles. The van der Waals surface area contributed by atoms with E-state index in [1.807, 2.05) is 0 Å². The predicted molar refractivity (Wildman–Crippen MR) is 61.1 cm³/mol. The van der Waals surface area contributed by atoms with E-state index in [-0.39, 0.29) is 30.1 Å². The first-order chi connectivity index (χ1) is 7.50. The first-order valence-corrected chi connectivity index (χ1v) is 5.38. The van der Waals surface area contributed by atoms with Crippen LogP contribution in [-0.4, -0.2) is 46.8 Å². The van der Waals surface area contributed by atoms with Crippen LogP contribution in [0, 0.1) is 5.41 Å². The molecule has 1 heterocycles. The highest BCUT2D eigenvalue weighted by molar-refractivity contribution is 8.13. The second kappa shape index (κ2) is 5.35. The monoisotopic (exact) mass is 244 g/mol. The Morgan fingerprint density at radius 3 is 2.75 bits per heavy atom. The lowest BCUT2D eigenvalue weighted by molar-refractivity contribution is -0.124. The zero-order chi connectivity index (χ0) is 12.1. The molecule has 8 nitrogen and oxygen atoms in total. The van der Waals surface area contributed by atoms with Gasteiger partial charge in [0, 0.05) is 12.3 Å². The van der Waals surface area contributed by atoms with E-state index in [2.05, 4.69) is 10.3 Å². The number of amidine groups is 1. The van der Waals surface area contributed by atoms with Crippen LogP contribution in [-0.2, 0) is 4.79 Å². The van der Waals surface area contributed by atoms with Crippen molar-refractivity contribution in [3.8, 4) is 0 Å². The van der Waals surface area contributed by atoms with Gasteiger partial charge < -0.3 is 16.8 Å². The van der Waals surface area contributed by atoms with Crippen LogP contribution in [0.3, 0.4) is 0 Å². The van der Waals surface area contributed by atoms with Gasteiger partial charge in [-0.3, -0.25) is 15.1 Å². The molecule has 0 spiro atoms. The van der Waals surface area contributed by atoms with Gasteiger partial charge in [0.15, 0.2) is 11.1 Å². The molecule has 0 radical (unpaired) electrons. The molecule has 6 N–H and O–H groups in total. The minimum atomic E-state index is -0.404. The van der Waals surface area contributed by atoms with E-state index < -0.39 is 6.03 Å². The zero-order valence-electron chi connectivity index (χ0n) is 8.40. The van der Waals surface area contributed by atoms with E-state index in [1.54, 1.807) is 0 Å². The Bertz CT molecular complexity index is 335. The van der Waals surface area contributed by atoms with E-state index in [1.165, 1.54) is 0 Å². The number of thioether (sulfide) groups is 1. The van der Waals surface area contributed by atoms with Crippen molar-refractivity contribution in [1.82, 2.24) is 10.2 Å². The summed E-state index contributed by atoms with van der Waals surface area (Å²) >= 11 is 1.06.